The van der Waals surface area contributed by atoms with Gasteiger partial charge in [-0.1, -0.05) is 6.07 Å². The second kappa shape index (κ2) is 4.62. The number of nitrogens with one attached hydrogen (secondary N) is 1. The van der Waals surface area contributed by atoms with E-state index in [0.29, 0.717) is 10.9 Å². The Morgan fingerprint density at radius 2 is 2.06 bits per heavy atom. The van der Waals surface area contributed by atoms with E-state index >= 15 is 0 Å². The molecule has 0 radical (unpaired) electrons. The van der Waals surface area contributed by atoms with Crippen molar-refractivity contribution in [1.29, 1.82) is 0 Å². The zero-order valence-corrected chi connectivity index (χ0v) is 9.29. The van der Waals surface area contributed by atoms with Crippen LogP contribution in [0.3, 0.4) is 0 Å². The van der Waals surface area contributed by atoms with E-state index in [1.807, 2.05) is 5.43 Å². The summed E-state index contributed by atoms with van der Waals surface area (Å²) in [5, 5.41) is 24.2. The molecule has 0 aliphatic rings. The highest BCUT2D eigenvalue weighted by Gasteiger charge is 2.05. The summed E-state index contributed by atoms with van der Waals surface area (Å²) in [5.74, 6) is 0.148. The largest absolute Gasteiger partial charge is 0.508 e. The number of benzene rings is 2. The summed E-state index contributed by atoms with van der Waals surface area (Å²) in [6, 6.07) is 7.07. The van der Waals surface area contributed by atoms with E-state index in [4.69, 9.17) is 5.73 Å². The number of hydrazone groups is 1. The molecule has 0 atom stereocenters. The van der Waals surface area contributed by atoms with Crippen LogP contribution in [-0.2, 0) is 0 Å². The Morgan fingerprint density at radius 3 is 2.78 bits per heavy atom. The monoisotopic (exact) mass is 245 g/mol. The molecule has 92 valence electrons. The van der Waals surface area contributed by atoms with Gasteiger partial charge in [-0.05, 0) is 35.0 Å². The van der Waals surface area contributed by atoms with Gasteiger partial charge < -0.3 is 15.9 Å². The van der Waals surface area contributed by atoms with Gasteiger partial charge in [-0.25, -0.2) is 10.2 Å². The number of aromatic hydroxyl groups is 2. The number of carbonyl (C=O) groups is 1. The topological polar surface area (TPSA) is 108 Å². The second-order valence-electron chi connectivity index (χ2n) is 3.64. The molecular weight excluding hydrogens is 234 g/mol. The molecule has 6 heteroatoms. The highest BCUT2D eigenvalue weighted by atomic mass is 16.3. The molecule has 18 heavy (non-hydrogen) atoms. The van der Waals surface area contributed by atoms with Crippen molar-refractivity contribution in [2.75, 3.05) is 0 Å². The zero-order chi connectivity index (χ0) is 13.1. The van der Waals surface area contributed by atoms with Crippen LogP contribution < -0.4 is 11.2 Å². The van der Waals surface area contributed by atoms with Gasteiger partial charge in [0.15, 0.2) is 0 Å². The van der Waals surface area contributed by atoms with Gasteiger partial charge in [-0.3, -0.25) is 0 Å². The van der Waals surface area contributed by atoms with Gasteiger partial charge in [0.25, 0.3) is 0 Å². The number of nitrogens with two attached hydrogens (primary N) is 1. The summed E-state index contributed by atoms with van der Waals surface area (Å²) in [6.45, 7) is 0. The van der Waals surface area contributed by atoms with Crippen molar-refractivity contribution in [1.82, 2.24) is 5.43 Å². The lowest BCUT2D eigenvalue weighted by Crippen LogP contribution is -2.24. The Kier molecular flexibility index (Phi) is 3.01. The van der Waals surface area contributed by atoms with Crippen molar-refractivity contribution < 1.29 is 15.0 Å². The van der Waals surface area contributed by atoms with Gasteiger partial charge in [-0.2, -0.15) is 5.10 Å². The van der Waals surface area contributed by atoms with Crippen LogP contribution in [0.2, 0.25) is 0 Å². The molecule has 0 saturated carbocycles. The van der Waals surface area contributed by atoms with Crippen molar-refractivity contribution >= 4 is 23.0 Å². The first-order chi connectivity index (χ1) is 8.58. The van der Waals surface area contributed by atoms with Gasteiger partial charge in [0.2, 0.25) is 0 Å². The molecule has 0 heterocycles. The van der Waals surface area contributed by atoms with Crippen molar-refractivity contribution in [2.45, 2.75) is 0 Å². The third-order valence-corrected chi connectivity index (χ3v) is 2.39. The molecule has 0 aliphatic heterocycles. The minimum atomic E-state index is -0.788. The molecule has 0 bridgehead atoms. The van der Waals surface area contributed by atoms with E-state index in [9.17, 15) is 15.0 Å². The number of phenols is 2. The van der Waals surface area contributed by atoms with Crippen LogP contribution in [-0.4, -0.2) is 22.5 Å². The highest BCUT2D eigenvalue weighted by molar-refractivity contribution is 6.02. The van der Waals surface area contributed by atoms with E-state index in [2.05, 4.69) is 5.10 Å². The number of carbonyl (C=O) groups excluding carboxylic acids is 1. The maximum Gasteiger partial charge on any atom is 0.332 e. The number of fused-ring (bicyclic) bond motifs is 1. The first kappa shape index (κ1) is 11.7. The second-order valence-corrected chi connectivity index (χ2v) is 3.64. The standard InChI is InChI=1S/C12H11N3O3/c13-12(18)15-14-6-10-9-3-2-8(16)5-7(9)1-4-11(10)17/h1-6,16-17H,(H3,13,15,18). The van der Waals surface area contributed by atoms with Crippen LogP contribution in [0.4, 0.5) is 4.79 Å². The van der Waals surface area contributed by atoms with Crippen molar-refractivity contribution in [3.05, 3.63) is 35.9 Å². The number of rotatable bonds is 2. The summed E-state index contributed by atoms with van der Waals surface area (Å²) >= 11 is 0. The van der Waals surface area contributed by atoms with Crippen molar-refractivity contribution in [3.63, 3.8) is 0 Å². The highest BCUT2D eigenvalue weighted by Crippen LogP contribution is 2.28. The fourth-order valence-electron chi connectivity index (χ4n) is 1.63. The van der Waals surface area contributed by atoms with Crippen LogP contribution in [0.15, 0.2) is 35.4 Å². The van der Waals surface area contributed by atoms with E-state index in [1.165, 1.54) is 18.3 Å². The van der Waals surface area contributed by atoms with Crippen molar-refractivity contribution in [2.24, 2.45) is 10.8 Å². The quantitative estimate of drug-likeness (QED) is 0.472. The van der Waals surface area contributed by atoms with Crippen LogP contribution in [0.25, 0.3) is 10.8 Å². The Bertz CT molecular complexity index is 638. The maximum atomic E-state index is 10.5. The summed E-state index contributed by atoms with van der Waals surface area (Å²) < 4.78 is 0. The number of hydrogen-bond donors (Lipinski definition) is 4. The molecule has 0 saturated heterocycles. The van der Waals surface area contributed by atoms with Crippen LogP contribution in [0.1, 0.15) is 5.56 Å². The van der Waals surface area contributed by atoms with Gasteiger partial charge in [0, 0.05) is 5.56 Å². The molecule has 5 N–H and O–H groups in total. The van der Waals surface area contributed by atoms with Gasteiger partial charge in [-0.15, -0.1) is 0 Å². The molecule has 0 unspecified atom stereocenters. The molecular formula is C12H11N3O3. The number of urea groups is 1. The number of amides is 2. The Labute approximate surface area is 102 Å². The number of phenolic OH excluding ortho intramolecular Hbond substituents is 2. The lowest BCUT2D eigenvalue weighted by atomic mass is 10.0. The number of hydrogen-bond acceptors (Lipinski definition) is 4. The van der Waals surface area contributed by atoms with Crippen molar-refractivity contribution in [3.8, 4) is 11.5 Å². The predicted octanol–water partition coefficient (Wildman–Crippen LogP) is 1.25. The fraction of sp³-hybridized carbons (Fsp3) is 0. The molecule has 0 fully saturated rings. The first-order valence-corrected chi connectivity index (χ1v) is 5.11. The van der Waals surface area contributed by atoms with Crippen LogP contribution >= 0.6 is 0 Å². The SMILES string of the molecule is NC(=O)NN=Cc1c(O)ccc2cc(O)ccc12. The first-order valence-electron chi connectivity index (χ1n) is 5.11. The Morgan fingerprint density at radius 1 is 1.28 bits per heavy atom. The third kappa shape index (κ3) is 2.32. The van der Waals surface area contributed by atoms with E-state index in [-0.39, 0.29) is 11.5 Å². The summed E-state index contributed by atoms with van der Waals surface area (Å²) in [7, 11) is 0. The zero-order valence-electron chi connectivity index (χ0n) is 9.29. The summed E-state index contributed by atoms with van der Waals surface area (Å²) in [6.07, 6.45) is 1.29. The number of nitrogens with zero attached hydrogens (tertiary/aromatic N) is 1. The van der Waals surface area contributed by atoms with E-state index in [1.54, 1.807) is 18.2 Å². The van der Waals surface area contributed by atoms with Gasteiger partial charge in [0.1, 0.15) is 11.5 Å². The predicted molar refractivity (Wildman–Crippen MR) is 67.6 cm³/mol. The molecule has 0 aliphatic carbocycles. The van der Waals surface area contributed by atoms with Crippen LogP contribution in [0, 0.1) is 0 Å². The summed E-state index contributed by atoms with van der Waals surface area (Å²) in [5.41, 5.74) is 7.34. The lowest BCUT2D eigenvalue weighted by Gasteiger charge is -2.05. The molecule has 6 nitrogen and oxygen atoms in total. The minimum Gasteiger partial charge on any atom is -0.508 e. The fourth-order valence-corrected chi connectivity index (χ4v) is 1.63. The maximum absolute atomic E-state index is 10.5. The lowest BCUT2D eigenvalue weighted by molar-refractivity contribution is 0.249. The summed E-state index contributed by atoms with van der Waals surface area (Å²) in [4.78, 5) is 10.5. The third-order valence-electron chi connectivity index (χ3n) is 2.39. The molecule has 0 spiro atoms. The smallest absolute Gasteiger partial charge is 0.332 e. The molecule has 2 aromatic carbocycles. The number of primary amides is 1. The van der Waals surface area contributed by atoms with E-state index < -0.39 is 6.03 Å². The van der Waals surface area contributed by atoms with Gasteiger partial charge >= 0.3 is 6.03 Å². The van der Waals surface area contributed by atoms with E-state index in [0.717, 1.165) is 5.39 Å². The average Bonchev–Trinajstić information content (AvgIpc) is 2.31. The molecule has 0 aromatic heterocycles. The Balaban J connectivity index is 2.51. The minimum absolute atomic E-state index is 0.0169. The molecule has 2 rings (SSSR count). The Hall–Kier alpha value is -2.76. The molecule has 2 aromatic rings. The van der Waals surface area contributed by atoms with Crippen LogP contribution in [0.5, 0.6) is 11.5 Å². The normalized spacial score (nSPS) is 10.9. The molecule has 2 amide bonds. The average molecular weight is 245 g/mol. The van der Waals surface area contributed by atoms with Gasteiger partial charge in [0.05, 0.1) is 6.21 Å².